The van der Waals surface area contributed by atoms with Crippen molar-refractivity contribution in [3.8, 4) is 0 Å². The van der Waals surface area contributed by atoms with E-state index in [-0.39, 0.29) is 23.7 Å². The van der Waals surface area contributed by atoms with E-state index in [1.807, 2.05) is 6.20 Å². The quantitative estimate of drug-likeness (QED) is 0.796. The van der Waals surface area contributed by atoms with Gasteiger partial charge in [-0.25, -0.2) is 0 Å². The first-order chi connectivity index (χ1) is 9.12. The van der Waals surface area contributed by atoms with Crippen LogP contribution in [0.15, 0.2) is 12.3 Å². The summed E-state index contributed by atoms with van der Waals surface area (Å²) in [6.07, 6.45) is 1.88. The molecule has 5 heteroatoms. The van der Waals surface area contributed by atoms with E-state index in [4.69, 9.17) is 9.31 Å². The van der Waals surface area contributed by atoms with Crippen LogP contribution in [0, 0.1) is 0 Å². The lowest BCUT2D eigenvalue weighted by Gasteiger charge is -2.32. The molecule has 2 aliphatic heterocycles. The van der Waals surface area contributed by atoms with E-state index in [0.717, 1.165) is 23.4 Å². The highest BCUT2D eigenvalue weighted by Crippen LogP contribution is 2.37. The van der Waals surface area contributed by atoms with Crippen molar-refractivity contribution in [3.63, 3.8) is 0 Å². The van der Waals surface area contributed by atoms with Crippen molar-refractivity contribution in [1.82, 2.24) is 4.98 Å². The smallest absolute Gasteiger partial charge is 0.399 e. The van der Waals surface area contributed by atoms with E-state index in [1.165, 1.54) is 0 Å². The summed E-state index contributed by atoms with van der Waals surface area (Å²) in [6.45, 7) is 13.6. The zero-order valence-corrected chi connectivity index (χ0v) is 13.2. The van der Waals surface area contributed by atoms with Gasteiger partial charge in [0.25, 0.3) is 0 Å². The molecule has 0 bridgehead atoms. The summed E-state index contributed by atoms with van der Waals surface area (Å²) < 4.78 is 12.1. The predicted molar refractivity (Wildman–Crippen MR) is 81.5 cm³/mol. The maximum absolute atomic E-state index is 6.07. The second kappa shape index (κ2) is 3.98. The zero-order valence-electron chi connectivity index (χ0n) is 13.2. The highest BCUT2D eigenvalue weighted by molar-refractivity contribution is 6.62. The number of pyridine rings is 1. The molecule has 0 atom stereocenters. The third-order valence-corrected chi connectivity index (χ3v) is 4.80. The summed E-state index contributed by atoms with van der Waals surface area (Å²) in [5, 5.41) is 3.42. The maximum atomic E-state index is 6.07. The monoisotopic (exact) mass is 274 g/mol. The Kier molecular flexibility index (Phi) is 2.77. The van der Waals surface area contributed by atoms with Gasteiger partial charge in [0, 0.05) is 23.6 Å². The number of hydrogen-bond donors (Lipinski definition) is 1. The molecule has 1 aromatic heterocycles. The number of aromatic nitrogens is 1. The third-order valence-electron chi connectivity index (χ3n) is 4.80. The fourth-order valence-corrected chi connectivity index (χ4v) is 2.66. The average Bonchev–Trinajstić information content (AvgIpc) is 2.74. The van der Waals surface area contributed by atoms with Crippen molar-refractivity contribution in [1.29, 1.82) is 0 Å². The van der Waals surface area contributed by atoms with E-state index in [2.05, 4.69) is 57.9 Å². The molecule has 2 aliphatic rings. The lowest BCUT2D eigenvalue weighted by molar-refractivity contribution is 0.00578. The number of fused-ring (bicyclic) bond motifs is 1. The zero-order chi connectivity index (χ0) is 14.8. The van der Waals surface area contributed by atoms with Crippen LogP contribution in [0.2, 0.25) is 0 Å². The Morgan fingerprint density at radius 2 is 1.70 bits per heavy atom. The van der Waals surface area contributed by atoms with Crippen LogP contribution in [0.25, 0.3) is 0 Å². The van der Waals surface area contributed by atoms with Crippen molar-refractivity contribution >= 4 is 18.3 Å². The van der Waals surface area contributed by atoms with Gasteiger partial charge in [0.15, 0.2) is 0 Å². The standard InChI is InChI=1S/C15H23BN2O2/c1-13(2)9-18-11-7-10(8-17-12(11)13)16-19-14(3,4)15(5,6)20-16/h7-8,18H,9H2,1-6H3. The van der Waals surface area contributed by atoms with E-state index < -0.39 is 0 Å². The van der Waals surface area contributed by atoms with Gasteiger partial charge in [-0.05, 0) is 33.8 Å². The molecule has 108 valence electrons. The van der Waals surface area contributed by atoms with Crippen LogP contribution < -0.4 is 10.8 Å². The van der Waals surface area contributed by atoms with Crippen molar-refractivity contribution in [3.05, 3.63) is 18.0 Å². The highest BCUT2D eigenvalue weighted by Gasteiger charge is 2.52. The van der Waals surface area contributed by atoms with Crippen LogP contribution in [-0.2, 0) is 14.7 Å². The largest absolute Gasteiger partial charge is 0.496 e. The minimum absolute atomic E-state index is 0.0871. The normalized spacial score (nSPS) is 25.4. The topological polar surface area (TPSA) is 43.4 Å². The van der Waals surface area contributed by atoms with Crippen molar-refractivity contribution in [2.24, 2.45) is 0 Å². The van der Waals surface area contributed by atoms with Crippen LogP contribution in [0.4, 0.5) is 5.69 Å². The second-order valence-electron chi connectivity index (χ2n) is 7.49. The van der Waals surface area contributed by atoms with E-state index in [9.17, 15) is 0 Å². The van der Waals surface area contributed by atoms with Gasteiger partial charge in [0.2, 0.25) is 0 Å². The molecule has 0 amide bonds. The number of nitrogens with zero attached hydrogens (tertiary/aromatic N) is 1. The van der Waals surface area contributed by atoms with Gasteiger partial charge >= 0.3 is 7.12 Å². The van der Waals surface area contributed by atoms with Crippen LogP contribution in [-0.4, -0.2) is 29.8 Å². The Balaban J connectivity index is 1.91. The van der Waals surface area contributed by atoms with Crippen LogP contribution in [0.3, 0.4) is 0 Å². The molecule has 4 nitrogen and oxygen atoms in total. The molecule has 3 rings (SSSR count). The van der Waals surface area contributed by atoms with Gasteiger partial charge in [0.05, 0.1) is 22.6 Å². The fraction of sp³-hybridized carbons (Fsp3) is 0.667. The Labute approximate surface area is 121 Å². The summed E-state index contributed by atoms with van der Waals surface area (Å²) in [5.74, 6) is 0. The Bertz CT molecular complexity index is 539. The number of nitrogens with one attached hydrogen (secondary N) is 1. The average molecular weight is 274 g/mol. The first-order valence-corrected chi connectivity index (χ1v) is 7.22. The van der Waals surface area contributed by atoms with Crippen LogP contribution in [0.5, 0.6) is 0 Å². The molecule has 0 aromatic carbocycles. The molecule has 20 heavy (non-hydrogen) atoms. The lowest BCUT2D eigenvalue weighted by Crippen LogP contribution is -2.41. The molecular weight excluding hydrogens is 251 g/mol. The summed E-state index contributed by atoms with van der Waals surface area (Å²) in [7, 11) is -0.344. The fourth-order valence-electron chi connectivity index (χ4n) is 2.66. The third kappa shape index (κ3) is 1.95. The minimum atomic E-state index is -0.344. The van der Waals surface area contributed by atoms with E-state index in [1.54, 1.807) is 0 Å². The molecule has 0 spiro atoms. The van der Waals surface area contributed by atoms with Gasteiger partial charge in [-0.1, -0.05) is 13.8 Å². The molecule has 1 N–H and O–H groups in total. The number of hydrogen-bond acceptors (Lipinski definition) is 4. The van der Waals surface area contributed by atoms with Crippen molar-refractivity contribution in [2.45, 2.75) is 58.2 Å². The summed E-state index contributed by atoms with van der Waals surface area (Å²) in [6, 6.07) is 2.11. The highest BCUT2D eigenvalue weighted by atomic mass is 16.7. The number of rotatable bonds is 1. The SMILES string of the molecule is CC1(C)CNc2cc(B3OC(C)(C)C(C)(C)O3)cnc21. The van der Waals surface area contributed by atoms with Crippen molar-refractivity contribution in [2.75, 3.05) is 11.9 Å². The number of anilines is 1. The summed E-state index contributed by atoms with van der Waals surface area (Å²) >= 11 is 0. The van der Waals surface area contributed by atoms with Gasteiger partial charge in [0.1, 0.15) is 0 Å². The van der Waals surface area contributed by atoms with Crippen molar-refractivity contribution < 1.29 is 9.31 Å². The van der Waals surface area contributed by atoms with Crippen LogP contribution in [0.1, 0.15) is 47.2 Å². The molecule has 0 saturated carbocycles. The molecule has 1 fully saturated rings. The molecule has 0 aliphatic carbocycles. The summed E-state index contributed by atoms with van der Waals surface area (Å²) in [5.41, 5.74) is 2.66. The molecular formula is C15H23BN2O2. The first kappa shape index (κ1) is 13.9. The molecule has 0 unspecified atom stereocenters. The lowest BCUT2D eigenvalue weighted by atomic mass is 9.79. The van der Waals surface area contributed by atoms with E-state index in [0.29, 0.717) is 0 Å². The summed E-state index contributed by atoms with van der Waals surface area (Å²) in [4.78, 5) is 4.63. The van der Waals surface area contributed by atoms with Crippen LogP contribution >= 0.6 is 0 Å². The predicted octanol–water partition coefficient (Wildman–Crippen LogP) is 2.08. The Morgan fingerprint density at radius 3 is 2.30 bits per heavy atom. The minimum Gasteiger partial charge on any atom is -0.399 e. The van der Waals surface area contributed by atoms with Gasteiger partial charge < -0.3 is 14.6 Å². The van der Waals surface area contributed by atoms with E-state index >= 15 is 0 Å². The first-order valence-electron chi connectivity index (χ1n) is 7.22. The van der Waals surface area contributed by atoms with Gasteiger partial charge in [-0.15, -0.1) is 0 Å². The van der Waals surface area contributed by atoms with Gasteiger partial charge in [-0.2, -0.15) is 0 Å². The maximum Gasteiger partial charge on any atom is 0.496 e. The molecule has 3 heterocycles. The second-order valence-corrected chi connectivity index (χ2v) is 7.49. The molecule has 1 aromatic rings. The Morgan fingerprint density at radius 1 is 1.10 bits per heavy atom. The Hall–Kier alpha value is -1.07. The molecule has 1 saturated heterocycles. The molecule has 0 radical (unpaired) electrons. The van der Waals surface area contributed by atoms with Gasteiger partial charge in [-0.3, -0.25) is 4.98 Å².